The Morgan fingerprint density at radius 2 is 0.681 bits per heavy atom. The second kappa shape index (κ2) is 44.1. The minimum Gasteiger partial charge on any atom is -0.481 e. The molecule has 91 heavy (non-hydrogen) atoms. The highest BCUT2D eigenvalue weighted by molar-refractivity contribution is 6.61. The highest BCUT2D eigenvalue weighted by atomic mass is 35.5. The minimum atomic E-state index is -0.998. The number of carboxylic acids is 4. The summed E-state index contributed by atoms with van der Waals surface area (Å²) in [6.45, 7) is 9.50. The van der Waals surface area contributed by atoms with Crippen LogP contribution in [0.15, 0.2) is 12.7 Å². The number of ketones is 2. The van der Waals surface area contributed by atoms with Crippen molar-refractivity contribution in [2.24, 2.45) is 106 Å². The third-order valence-electron chi connectivity index (χ3n) is 13.5. The van der Waals surface area contributed by atoms with Crippen LogP contribution in [0.4, 0.5) is 4.79 Å². The van der Waals surface area contributed by atoms with Crippen molar-refractivity contribution in [2.75, 3.05) is 68.5 Å². The van der Waals surface area contributed by atoms with Crippen molar-refractivity contribution in [3.8, 4) is 0 Å². The van der Waals surface area contributed by atoms with E-state index in [1.54, 1.807) is 20.8 Å². The molecule has 8 aliphatic carbocycles. The van der Waals surface area contributed by atoms with Crippen LogP contribution in [0.2, 0.25) is 0 Å². The van der Waals surface area contributed by atoms with Crippen LogP contribution in [0.1, 0.15) is 72.1 Å². The molecule has 8 saturated carbocycles. The molecule has 9 aliphatic rings. The lowest BCUT2D eigenvalue weighted by Gasteiger charge is -1.99. The van der Waals surface area contributed by atoms with Gasteiger partial charge in [-0.05, 0) is 72.1 Å². The van der Waals surface area contributed by atoms with Crippen LogP contribution in [0, 0.1) is 82.9 Å². The average molecular weight is 1370 g/mol. The first kappa shape index (κ1) is 87.8. The molecule has 1 heterocycles. The van der Waals surface area contributed by atoms with E-state index in [-0.39, 0.29) is 156 Å². The second-order valence-electron chi connectivity index (χ2n) is 20.1. The van der Waals surface area contributed by atoms with Crippen molar-refractivity contribution in [3.05, 3.63) is 12.7 Å². The second-order valence-corrected chi connectivity index (χ2v) is 20.4. The van der Waals surface area contributed by atoms with Gasteiger partial charge in [0.15, 0.2) is 0 Å². The molecule has 9 rings (SSSR count). The standard InChI is InChI=1S/2C8H12O4.C7H12N2O2.C7H10O4.2C5H6O4.C5H4O3.C4H6O2.C3H5ClO2.C3H8N2.2ClH/c2*1-3-12-8(10)6-4-5(6)7(9)11-2;8-2-6(10)4-1-5(4)7(11)3-9;1-10-6(8)4-3-5(4)7(9)11-2;2*6-4(7)2-1-3(2)5(8)9;6-4-2-1-3(2)5(7)8-4;1-3-4(5)6-2;1-2-6-3(4)5;4-2-1-3(2)5;;/h2*5-6H,3-4H2,1-2H3;4-5H,1-3,8-9H2;4-5H,3H2,1-2H3;2*2-3H,1H2,(H,6,7)(H,8,9);2-3H,1H2;3H,1H2,2H3;2H2,1H3;2-3H,1,4-5H2;2*1H/t5-,6+;5-,6-;2*4-,5+;2-,3+;2-,3-;2-,3?;;;2-,3+;;/m00...00...../s1. The Labute approximate surface area is 540 Å². The third kappa shape index (κ3) is 34.0. The molecule has 1 unspecified atom stereocenters. The molecule has 0 aromatic carbocycles. The van der Waals surface area contributed by atoms with E-state index in [2.05, 4.69) is 39.7 Å². The maximum atomic E-state index is 11.0. The first-order valence-electron chi connectivity index (χ1n) is 27.5. The number of methoxy groups -OCH3 is 5. The summed E-state index contributed by atoms with van der Waals surface area (Å²) in [5.41, 5.74) is 20.0. The first-order chi connectivity index (χ1) is 41.7. The summed E-state index contributed by atoms with van der Waals surface area (Å²) in [4.78, 5) is 167. The Morgan fingerprint density at radius 1 is 0.440 bits per heavy atom. The van der Waals surface area contributed by atoms with E-state index in [0.717, 1.165) is 18.9 Å². The van der Waals surface area contributed by atoms with Crippen molar-refractivity contribution in [1.29, 1.82) is 0 Å². The summed E-state index contributed by atoms with van der Waals surface area (Å²) in [6, 6.07) is 0.657. The molecule has 12 N–H and O–H groups in total. The summed E-state index contributed by atoms with van der Waals surface area (Å²) >= 11 is 4.72. The molecular weight excluding hydrogens is 1290 g/mol. The van der Waals surface area contributed by atoms with Crippen LogP contribution < -0.4 is 22.9 Å². The SMILES string of the molecule is C=CC(=O)OC.CCOC(=O)Cl.CCOC(=O)[C@@H]1C[C@@H]1C(=O)OC.CCOC(=O)[C@H]1C[C@@H]1C(=O)OC.COC(=O)[C@H]1C[C@H]1C(=O)OC.Cl.Cl.NCC(=O)[C@H]1C[C@H]1C(=O)CN.N[C@@H]1C[C@@H]1N.O=C(O)[C@H]1C[C@@H]1C(=O)O.O=C(O)[C@H]1C[C@H]1C(=O)O.O=C1OC(=O)[C@H]2CC12. The zero-order valence-electron chi connectivity index (χ0n) is 51.2. The summed E-state index contributed by atoms with van der Waals surface area (Å²) < 4.78 is 39.9. The number of Topliss-reactive ketones (excluding diaryl/α,β-unsaturated/α-hetero) is 2. The number of carbonyl (C=O) groups excluding carboxylic acids is 12. The van der Waals surface area contributed by atoms with E-state index < -0.39 is 58.9 Å². The number of rotatable bonds is 18. The first-order valence-corrected chi connectivity index (χ1v) is 27.9. The topological polar surface area (TPSA) is 541 Å². The average Bonchev–Trinajstić information content (AvgIpc) is 1.75. The molecule has 0 aromatic rings. The van der Waals surface area contributed by atoms with Gasteiger partial charge in [0.1, 0.15) is 11.6 Å². The monoisotopic (exact) mass is 1370 g/mol. The Hall–Kier alpha value is -7.43. The predicted octanol–water partition coefficient (Wildman–Crippen LogP) is 0.268. The summed E-state index contributed by atoms with van der Waals surface area (Å²) in [5.74, 6) is -11.2. The molecule has 16 atom stereocenters. The van der Waals surface area contributed by atoms with Crippen molar-refractivity contribution in [1.82, 2.24) is 0 Å². The van der Waals surface area contributed by atoms with Gasteiger partial charge in [0.05, 0.1) is 139 Å². The van der Waals surface area contributed by atoms with Crippen molar-refractivity contribution in [2.45, 2.75) is 84.2 Å². The molecule has 0 spiro atoms. The number of ether oxygens (including phenoxy) is 9. The van der Waals surface area contributed by atoms with Gasteiger partial charge in [0, 0.05) is 41.6 Å². The molecule has 0 bridgehead atoms. The quantitative estimate of drug-likeness (QED) is 0.0300. The van der Waals surface area contributed by atoms with Crippen molar-refractivity contribution < 1.29 is 140 Å². The molecule has 1 saturated heterocycles. The van der Waals surface area contributed by atoms with Gasteiger partial charge in [-0.3, -0.25) is 67.1 Å². The number of esters is 9. The Kier molecular flexibility index (Phi) is 42.6. The normalized spacial score (nSPS) is 27.2. The highest BCUT2D eigenvalue weighted by Gasteiger charge is 2.57. The smallest absolute Gasteiger partial charge is 0.403 e. The van der Waals surface area contributed by atoms with Gasteiger partial charge in [-0.2, -0.15) is 0 Å². The van der Waals surface area contributed by atoms with E-state index in [1.807, 2.05) is 0 Å². The lowest BCUT2D eigenvalue weighted by molar-refractivity contribution is -0.156. The molecule has 0 amide bonds. The van der Waals surface area contributed by atoms with Gasteiger partial charge in [-0.25, -0.2) is 9.59 Å². The zero-order valence-corrected chi connectivity index (χ0v) is 53.6. The molecule has 0 radical (unpaired) electrons. The minimum absolute atomic E-state index is 0. The van der Waals surface area contributed by atoms with Gasteiger partial charge in [-0.1, -0.05) is 6.58 Å². The van der Waals surface area contributed by atoms with E-state index in [9.17, 15) is 76.7 Å². The van der Waals surface area contributed by atoms with E-state index in [4.69, 9.17) is 64.4 Å². The fourth-order valence-corrected chi connectivity index (χ4v) is 7.45. The summed E-state index contributed by atoms with van der Waals surface area (Å²) in [7, 11) is 6.58. The number of halogens is 3. The van der Waals surface area contributed by atoms with Gasteiger partial charge in [-0.15, -0.1) is 24.8 Å². The summed E-state index contributed by atoms with van der Waals surface area (Å²) in [5, 5.41) is 32.8. The Morgan fingerprint density at radius 3 is 0.802 bits per heavy atom. The van der Waals surface area contributed by atoms with Gasteiger partial charge < -0.3 is 86.0 Å². The molecule has 36 heteroatoms. The number of cyclic esters (lactones) is 2. The molecular formula is C55H83Cl3N4O29. The van der Waals surface area contributed by atoms with E-state index >= 15 is 0 Å². The van der Waals surface area contributed by atoms with Gasteiger partial charge in [0.2, 0.25) is 0 Å². The van der Waals surface area contributed by atoms with Crippen molar-refractivity contribution >= 4 is 131 Å². The molecule has 1 aliphatic heterocycles. The fourth-order valence-electron chi connectivity index (χ4n) is 7.34. The number of aliphatic carboxylic acids is 4. The predicted molar refractivity (Wildman–Crippen MR) is 312 cm³/mol. The number of nitrogens with two attached hydrogens (primary N) is 4. The lowest BCUT2D eigenvalue weighted by atomic mass is 10.1. The number of hydrogen-bond donors (Lipinski definition) is 8. The summed E-state index contributed by atoms with van der Waals surface area (Å²) in [6.07, 6.45) is 5.84. The van der Waals surface area contributed by atoms with Gasteiger partial charge in [0.25, 0.3) is 0 Å². The Balaban J connectivity index is -0.000000953. The van der Waals surface area contributed by atoms with Crippen LogP contribution in [-0.2, 0) is 115 Å². The maximum absolute atomic E-state index is 11.0. The largest absolute Gasteiger partial charge is 0.481 e. The van der Waals surface area contributed by atoms with Crippen LogP contribution in [0.3, 0.4) is 0 Å². The van der Waals surface area contributed by atoms with Crippen LogP contribution in [0.5, 0.6) is 0 Å². The molecule has 0 aromatic heterocycles. The van der Waals surface area contributed by atoms with Gasteiger partial charge >= 0.3 is 83.0 Å². The highest BCUT2D eigenvalue weighted by Crippen LogP contribution is 2.46. The maximum Gasteiger partial charge on any atom is 0.403 e. The molecule has 33 nitrogen and oxygen atoms in total. The molecule has 518 valence electrons. The van der Waals surface area contributed by atoms with Crippen LogP contribution in [0.25, 0.3) is 0 Å². The lowest BCUT2D eigenvalue weighted by Crippen LogP contribution is -2.21. The van der Waals surface area contributed by atoms with Crippen LogP contribution >= 0.6 is 36.4 Å². The Bertz CT molecular complexity index is 2330. The molecule has 9 fully saturated rings. The van der Waals surface area contributed by atoms with Crippen molar-refractivity contribution in [3.63, 3.8) is 0 Å². The fraction of sp³-hybridized carbons (Fsp3) is 0.673. The number of carboxylic acid groups (broad SMARTS) is 4. The van der Waals surface area contributed by atoms with E-state index in [1.165, 1.54) is 35.5 Å². The zero-order chi connectivity index (χ0) is 68.7. The number of hydrogen-bond acceptors (Lipinski definition) is 29. The number of carbonyl (C=O) groups is 16. The van der Waals surface area contributed by atoms with E-state index in [0.29, 0.717) is 70.4 Å². The number of fused-ring (bicyclic) bond motifs is 1. The van der Waals surface area contributed by atoms with Crippen LogP contribution in [-0.4, -0.2) is 196 Å². The third-order valence-corrected chi connectivity index (χ3v) is 13.7.